The molecule has 2 unspecified atom stereocenters. The average Bonchev–Trinajstić information content (AvgIpc) is 3.35. The molecule has 4 nitrogen and oxygen atoms in total. The van der Waals surface area contributed by atoms with Crippen LogP contribution in [0.15, 0.2) is 48.5 Å². The number of amides is 1. The molecule has 2 aromatic rings. The zero-order valence-corrected chi connectivity index (χ0v) is 19.5. The second-order valence-electron chi connectivity index (χ2n) is 9.87. The van der Waals surface area contributed by atoms with Gasteiger partial charge in [0.25, 0.3) is 0 Å². The number of anilines is 1. The highest BCUT2D eigenvalue weighted by atomic mass is 35.5. The van der Waals surface area contributed by atoms with Gasteiger partial charge in [-0.15, -0.1) is 0 Å². The molecule has 164 valence electrons. The molecule has 0 aromatic heterocycles. The smallest absolute Gasteiger partial charge is 0.238 e. The predicted octanol–water partition coefficient (Wildman–Crippen LogP) is 4.31. The number of piperazine rings is 1. The van der Waals surface area contributed by atoms with Crippen LogP contribution in [0.3, 0.4) is 0 Å². The highest BCUT2D eigenvalue weighted by molar-refractivity contribution is 6.30. The van der Waals surface area contributed by atoms with Crippen LogP contribution < -0.4 is 4.90 Å². The third-order valence-electron chi connectivity index (χ3n) is 7.96. The van der Waals surface area contributed by atoms with E-state index in [1.54, 1.807) is 0 Å². The van der Waals surface area contributed by atoms with E-state index in [1.165, 1.54) is 11.1 Å². The molecule has 1 amide bonds. The highest BCUT2D eigenvalue weighted by Gasteiger charge is 2.74. The van der Waals surface area contributed by atoms with Crippen molar-refractivity contribution in [2.24, 2.45) is 0 Å². The van der Waals surface area contributed by atoms with E-state index in [2.05, 4.69) is 71.9 Å². The molecule has 2 atom stereocenters. The second-order valence-corrected chi connectivity index (χ2v) is 10.3. The third kappa shape index (κ3) is 3.23. The van der Waals surface area contributed by atoms with Crippen molar-refractivity contribution >= 4 is 23.2 Å². The first-order valence-corrected chi connectivity index (χ1v) is 11.9. The largest absolute Gasteiger partial charge is 0.310 e. The van der Waals surface area contributed by atoms with Gasteiger partial charge in [0.1, 0.15) is 0 Å². The number of para-hydroxylation sites is 1. The summed E-state index contributed by atoms with van der Waals surface area (Å²) >= 11 is 6.12. The Bertz CT molecular complexity index is 982. The van der Waals surface area contributed by atoms with Crippen molar-refractivity contribution < 1.29 is 4.79 Å². The van der Waals surface area contributed by atoms with Crippen LogP contribution >= 0.6 is 11.6 Å². The van der Waals surface area contributed by atoms with Crippen molar-refractivity contribution in [3.05, 3.63) is 64.7 Å². The van der Waals surface area contributed by atoms with Gasteiger partial charge in [0.05, 0.1) is 5.41 Å². The lowest BCUT2D eigenvalue weighted by molar-refractivity contribution is -0.120. The van der Waals surface area contributed by atoms with Crippen molar-refractivity contribution in [2.45, 2.75) is 44.1 Å². The lowest BCUT2D eigenvalue weighted by Crippen LogP contribution is -2.50. The van der Waals surface area contributed by atoms with E-state index in [0.29, 0.717) is 6.04 Å². The molecule has 1 saturated heterocycles. The van der Waals surface area contributed by atoms with E-state index in [4.69, 9.17) is 11.6 Å². The molecule has 2 fully saturated rings. The number of carbonyl (C=O) groups excluding carboxylic acids is 1. The summed E-state index contributed by atoms with van der Waals surface area (Å²) in [5, 5.41) is 0.736. The molecule has 2 aromatic carbocycles. The van der Waals surface area contributed by atoms with Gasteiger partial charge in [-0.1, -0.05) is 48.9 Å². The number of nitrogens with zero attached hydrogens (tertiary/aromatic N) is 3. The molecular formula is C26H32ClN3O. The standard InChI is InChI=1S/C26H32ClN3O/c1-19(2)29-15-12-28(13-16-29)14-17-30-23-7-5-4-6-22(23)26(24(30)31)18-25(26,3)20-8-10-21(27)11-9-20/h4-11,19H,12-18H2,1-3H3. The molecule has 2 heterocycles. The summed E-state index contributed by atoms with van der Waals surface area (Å²) in [6, 6.07) is 17.1. The maximum absolute atomic E-state index is 13.9. The average molecular weight is 438 g/mol. The number of halogens is 1. The topological polar surface area (TPSA) is 26.8 Å². The summed E-state index contributed by atoms with van der Waals surface area (Å²) in [6.07, 6.45) is 0.862. The number of hydrogen-bond acceptors (Lipinski definition) is 3. The summed E-state index contributed by atoms with van der Waals surface area (Å²) in [4.78, 5) is 21.0. The van der Waals surface area contributed by atoms with Gasteiger partial charge in [0.15, 0.2) is 0 Å². The SMILES string of the molecule is CC(C)N1CCN(CCN2C(=O)C3(CC3(C)c3ccc(Cl)cc3)c3ccccc32)CC1. The third-order valence-corrected chi connectivity index (χ3v) is 8.21. The fraction of sp³-hybridized carbons (Fsp3) is 0.500. The molecule has 0 bridgehead atoms. The van der Waals surface area contributed by atoms with Crippen molar-refractivity contribution in [1.82, 2.24) is 9.80 Å². The predicted molar refractivity (Wildman–Crippen MR) is 127 cm³/mol. The Hall–Kier alpha value is -1.88. The number of benzene rings is 2. The van der Waals surface area contributed by atoms with Crippen LogP contribution in [-0.4, -0.2) is 61.0 Å². The van der Waals surface area contributed by atoms with Crippen LogP contribution in [0.4, 0.5) is 5.69 Å². The Labute approximate surface area is 190 Å². The number of fused-ring (bicyclic) bond motifs is 2. The van der Waals surface area contributed by atoms with Crippen molar-refractivity contribution in [2.75, 3.05) is 44.2 Å². The Balaban J connectivity index is 1.36. The summed E-state index contributed by atoms with van der Waals surface area (Å²) in [5.41, 5.74) is 2.88. The van der Waals surface area contributed by atoms with E-state index < -0.39 is 5.41 Å². The van der Waals surface area contributed by atoms with Crippen LogP contribution in [-0.2, 0) is 15.6 Å². The van der Waals surface area contributed by atoms with Gasteiger partial charge in [0, 0.05) is 61.4 Å². The summed E-state index contributed by atoms with van der Waals surface area (Å²) in [5.74, 6) is 0.270. The molecule has 5 rings (SSSR count). The first-order chi connectivity index (χ1) is 14.9. The fourth-order valence-electron chi connectivity index (χ4n) is 5.85. The van der Waals surface area contributed by atoms with Crippen LogP contribution in [0.25, 0.3) is 0 Å². The monoisotopic (exact) mass is 437 g/mol. The second kappa shape index (κ2) is 7.61. The van der Waals surface area contributed by atoms with E-state index in [9.17, 15) is 4.79 Å². The van der Waals surface area contributed by atoms with Gasteiger partial charge < -0.3 is 4.90 Å². The maximum Gasteiger partial charge on any atom is 0.238 e. The molecule has 3 aliphatic rings. The minimum atomic E-state index is -0.437. The van der Waals surface area contributed by atoms with Crippen LogP contribution in [0.2, 0.25) is 5.02 Å². The molecular weight excluding hydrogens is 406 g/mol. The quantitative estimate of drug-likeness (QED) is 0.697. The molecule has 2 aliphatic heterocycles. The van der Waals surface area contributed by atoms with Crippen LogP contribution in [0.5, 0.6) is 0 Å². The van der Waals surface area contributed by atoms with Crippen molar-refractivity contribution in [3.8, 4) is 0 Å². The van der Waals surface area contributed by atoms with Crippen LogP contribution in [0, 0.1) is 0 Å². The molecule has 1 saturated carbocycles. The normalized spacial score (nSPS) is 28.5. The first kappa shape index (κ1) is 21.0. The number of hydrogen-bond donors (Lipinski definition) is 0. The van der Waals surface area contributed by atoms with Crippen molar-refractivity contribution in [3.63, 3.8) is 0 Å². The van der Waals surface area contributed by atoms with Gasteiger partial charge in [0.2, 0.25) is 5.91 Å². The van der Waals surface area contributed by atoms with E-state index in [0.717, 1.165) is 56.4 Å². The van der Waals surface area contributed by atoms with Gasteiger partial charge in [-0.25, -0.2) is 0 Å². The summed E-state index contributed by atoms with van der Waals surface area (Å²) in [6.45, 7) is 12.8. The Morgan fingerprint density at radius 3 is 2.32 bits per heavy atom. The first-order valence-electron chi connectivity index (χ1n) is 11.5. The van der Waals surface area contributed by atoms with E-state index in [-0.39, 0.29) is 11.3 Å². The van der Waals surface area contributed by atoms with Gasteiger partial charge in [-0.05, 0) is 49.6 Å². The van der Waals surface area contributed by atoms with Gasteiger partial charge in [-0.2, -0.15) is 0 Å². The summed E-state index contributed by atoms with van der Waals surface area (Å²) < 4.78 is 0. The molecule has 0 N–H and O–H groups in total. The minimum absolute atomic E-state index is 0.178. The Morgan fingerprint density at radius 1 is 0.968 bits per heavy atom. The molecule has 31 heavy (non-hydrogen) atoms. The van der Waals surface area contributed by atoms with Crippen LogP contribution in [0.1, 0.15) is 38.3 Å². The highest BCUT2D eigenvalue weighted by Crippen LogP contribution is 2.70. The molecule has 1 spiro atoms. The van der Waals surface area contributed by atoms with Gasteiger partial charge >= 0.3 is 0 Å². The minimum Gasteiger partial charge on any atom is -0.310 e. The maximum atomic E-state index is 13.9. The lowest BCUT2D eigenvalue weighted by atomic mass is 9.83. The fourth-order valence-corrected chi connectivity index (χ4v) is 5.97. The molecule has 1 aliphatic carbocycles. The van der Waals surface area contributed by atoms with E-state index >= 15 is 0 Å². The van der Waals surface area contributed by atoms with Gasteiger partial charge in [-0.3, -0.25) is 14.6 Å². The number of carbonyl (C=O) groups is 1. The zero-order valence-electron chi connectivity index (χ0n) is 18.8. The Morgan fingerprint density at radius 2 is 1.65 bits per heavy atom. The van der Waals surface area contributed by atoms with E-state index in [1.807, 2.05) is 12.1 Å². The molecule has 0 radical (unpaired) electrons. The van der Waals surface area contributed by atoms with Crippen molar-refractivity contribution in [1.29, 1.82) is 0 Å². The molecule has 5 heteroatoms. The number of rotatable bonds is 5. The lowest BCUT2D eigenvalue weighted by Gasteiger charge is -2.37. The Kier molecular flexibility index (Phi) is 5.16. The summed E-state index contributed by atoms with van der Waals surface area (Å²) in [7, 11) is 0. The zero-order chi connectivity index (χ0) is 21.8.